The smallest absolute Gasteiger partial charge is 0.264 e. The summed E-state index contributed by atoms with van der Waals surface area (Å²) < 4.78 is 5.70. The van der Waals surface area contributed by atoms with Crippen LogP contribution in [-0.2, 0) is 4.79 Å². The molecule has 0 saturated carbocycles. The van der Waals surface area contributed by atoms with Gasteiger partial charge < -0.3 is 15.0 Å². The summed E-state index contributed by atoms with van der Waals surface area (Å²) in [5.74, 6) is 0.501. The van der Waals surface area contributed by atoms with Crippen LogP contribution in [0.15, 0.2) is 42.5 Å². The lowest BCUT2D eigenvalue weighted by atomic mass is 10.1. The maximum absolute atomic E-state index is 12.1. The highest BCUT2D eigenvalue weighted by molar-refractivity contribution is 7.80. The van der Waals surface area contributed by atoms with Crippen molar-refractivity contribution in [3.05, 3.63) is 42.5 Å². The number of rotatable bonds is 3. The van der Waals surface area contributed by atoms with E-state index in [1.165, 1.54) is 12.8 Å². The minimum Gasteiger partial charge on any atom is -0.483 e. The molecule has 2 aromatic rings. The van der Waals surface area contributed by atoms with Crippen molar-refractivity contribution in [3.63, 3.8) is 0 Å². The average Bonchev–Trinajstić information content (AvgIpc) is 2.89. The Labute approximate surface area is 147 Å². The molecule has 1 heterocycles. The van der Waals surface area contributed by atoms with Crippen LogP contribution in [0.3, 0.4) is 0 Å². The molecule has 0 unspecified atom stereocenters. The molecule has 24 heavy (non-hydrogen) atoms. The number of nitrogens with zero attached hydrogens (tertiary/aromatic N) is 1. The van der Waals surface area contributed by atoms with Gasteiger partial charge in [-0.2, -0.15) is 0 Å². The summed E-state index contributed by atoms with van der Waals surface area (Å²) in [5, 5.41) is 5.40. The van der Waals surface area contributed by atoms with Crippen LogP contribution >= 0.6 is 12.2 Å². The van der Waals surface area contributed by atoms with Gasteiger partial charge in [-0.25, -0.2) is 0 Å². The standard InChI is InChI=1S/C19H22N2O2S/c22-18(20-19(24)21-12-5-1-2-6-13-21)14-23-17-11-7-9-15-8-3-4-10-16(15)17/h3-4,7-11H,1-2,5-6,12-14H2,(H,20,22,24). The van der Waals surface area contributed by atoms with Gasteiger partial charge in [-0.1, -0.05) is 49.2 Å². The lowest BCUT2D eigenvalue weighted by Gasteiger charge is -2.23. The predicted molar refractivity (Wildman–Crippen MR) is 100 cm³/mol. The van der Waals surface area contributed by atoms with Gasteiger partial charge in [0.25, 0.3) is 5.91 Å². The second kappa shape index (κ2) is 8.11. The molecule has 1 amide bonds. The topological polar surface area (TPSA) is 41.6 Å². The van der Waals surface area contributed by atoms with Crippen LogP contribution in [0.25, 0.3) is 10.8 Å². The third-order valence-corrected chi connectivity index (χ3v) is 4.61. The lowest BCUT2D eigenvalue weighted by Crippen LogP contribution is -2.44. The number of carbonyl (C=O) groups excluding carboxylic acids is 1. The van der Waals surface area contributed by atoms with E-state index >= 15 is 0 Å². The zero-order valence-corrected chi connectivity index (χ0v) is 14.5. The first kappa shape index (κ1) is 16.7. The van der Waals surface area contributed by atoms with E-state index in [1.54, 1.807) is 0 Å². The second-order valence-electron chi connectivity index (χ2n) is 6.02. The maximum atomic E-state index is 12.1. The van der Waals surface area contributed by atoms with Gasteiger partial charge in [0.05, 0.1) is 0 Å². The van der Waals surface area contributed by atoms with Gasteiger partial charge in [-0.3, -0.25) is 4.79 Å². The van der Waals surface area contributed by atoms with Crippen molar-refractivity contribution in [1.82, 2.24) is 10.2 Å². The fraction of sp³-hybridized carbons (Fsp3) is 0.368. The van der Waals surface area contributed by atoms with Crippen LogP contribution in [0.1, 0.15) is 25.7 Å². The van der Waals surface area contributed by atoms with Crippen molar-refractivity contribution in [3.8, 4) is 5.75 Å². The molecule has 1 saturated heterocycles. The SMILES string of the molecule is O=C(COc1cccc2ccccc12)NC(=S)N1CCCCCC1. The molecule has 0 aliphatic carbocycles. The molecule has 2 aromatic carbocycles. The van der Waals surface area contributed by atoms with Crippen molar-refractivity contribution in [2.75, 3.05) is 19.7 Å². The van der Waals surface area contributed by atoms with E-state index in [4.69, 9.17) is 17.0 Å². The summed E-state index contributed by atoms with van der Waals surface area (Å²) in [6.45, 7) is 1.80. The molecule has 126 valence electrons. The van der Waals surface area contributed by atoms with Crippen molar-refractivity contribution in [2.24, 2.45) is 0 Å². The van der Waals surface area contributed by atoms with Crippen LogP contribution in [0.4, 0.5) is 0 Å². The summed E-state index contributed by atoms with van der Waals surface area (Å²) in [4.78, 5) is 14.2. The summed E-state index contributed by atoms with van der Waals surface area (Å²) in [6.07, 6.45) is 4.72. The van der Waals surface area contributed by atoms with Crippen molar-refractivity contribution < 1.29 is 9.53 Å². The molecule has 1 aliphatic heterocycles. The number of carbonyl (C=O) groups is 1. The number of ether oxygens (including phenoxy) is 1. The summed E-state index contributed by atoms with van der Waals surface area (Å²) in [6, 6.07) is 13.8. The van der Waals surface area contributed by atoms with Crippen molar-refractivity contribution in [2.45, 2.75) is 25.7 Å². The molecular formula is C19H22N2O2S. The normalized spacial score (nSPS) is 14.9. The van der Waals surface area contributed by atoms with Crippen LogP contribution in [-0.4, -0.2) is 35.6 Å². The van der Waals surface area contributed by atoms with Crippen LogP contribution in [0, 0.1) is 0 Å². The van der Waals surface area contributed by atoms with Gasteiger partial charge in [0.1, 0.15) is 5.75 Å². The molecule has 1 fully saturated rings. The fourth-order valence-electron chi connectivity index (χ4n) is 2.97. The first-order valence-electron chi connectivity index (χ1n) is 8.43. The lowest BCUT2D eigenvalue weighted by molar-refractivity contribution is -0.121. The Bertz CT molecular complexity index is 719. The number of fused-ring (bicyclic) bond motifs is 1. The number of hydrogen-bond acceptors (Lipinski definition) is 3. The third kappa shape index (κ3) is 4.23. The van der Waals surface area contributed by atoms with Gasteiger partial charge in [-0.05, 0) is 36.5 Å². The van der Waals surface area contributed by atoms with E-state index in [-0.39, 0.29) is 12.5 Å². The number of thiocarbonyl (C=S) groups is 1. The molecule has 0 spiro atoms. The van der Waals surface area contributed by atoms with E-state index in [0.717, 1.165) is 36.7 Å². The summed E-state index contributed by atoms with van der Waals surface area (Å²) >= 11 is 5.36. The first-order chi connectivity index (χ1) is 11.7. The molecule has 0 bridgehead atoms. The first-order valence-corrected chi connectivity index (χ1v) is 8.84. The molecule has 1 aliphatic rings. The Balaban J connectivity index is 1.56. The average molecular weight is 342 g/mol. The molecule has 4 nitrogen and oxygen atoms in total. The van der Waals surface area contributed by atoms with Crippen LogP contribution < -0.4 is 10.1 Å². The van der Waals surface area contributed by atoms with Gasteiger partial charge in [0.2, 0.25) is 0 Å². The monoisotopic (exact) mass is 342 g/mol. The second-order valence-corrected chi connectivity index (χ2v) is 6.41. The molecule has 3 rings (SSSR count). The predicted octanol–water partition coefficient (Wildman–Crippen LogP) is 3.50. The van der Waals surface area contributed by atoms with Crippen LogP contribution in [0.2, 0.25) is 0 Å². The van der Waals surface area contributed by atoms with Gasteiger partial charge >= 0.3 is 0 Å². The van der Waals surface area contributed by atoms with Gasteiger partial charge in [0, 0.05) is 18.5 Å². The Hall–Kier alpha value is -2.14. The van der Waals surface area contributed by atoms with Crippen LogP contribution in [0.5, 0.6) is 5.75 Å². The summed E-state index contributed by atoms with van der Waals surface area (Å²) in [5.41, 5.74) is 0. The molecular weight excluding hydrogens is 320 g/mol. The number of hydrogen-bond donors (Lipinski definition) is 1. The molecule has 0 radical (unpaired) electrons. The highest BCUT2D eigenvalue weighted by Crippen LogP contribution is 2.24. The highest BCUT2D eigenvalue weighted by Gasteiger charge is 2.15. The van der Waals surface area contributed by atoms with E-state index in [1.807, 2.05) is 42.5 Å². The largest absolute Gasteiger partial charge is 0.483 e. The minimum atomic E-state index is -0.211. The Morgan fingerprint density at radius 2 is 1.75 bits per heavy atom. The Kier molecular flexibility index (Phi) is 5.64. The van der Waals surface area contributed by atoms with E-state index < -0.39 is 0 Å². The van der Waals surface area contributed by atoms with Gasteiger partial charge in [0.15, 0.2) is 11.7 Å². The van der Waals surface area contributed by atoms with E-state index in [2.05, 4.69) is 10.2 Å². The highest BCUT2D eigenvalue weighted by atomic mass is 32.1. The fourth-order valence-corrected chi connectivity index (χ4v) is 3.27. The van der Waals surface area contributed by atoms with Gasteiger partial charge in [-0.15, -0.1) is 0 Å². The van der Waals surface area contributed by atoms with Crippen molar-refractivity contribution >= 4 is 34.0 Å². The number of amides is 1. The number of likely N-dealkylation sites (tertiary alicyclic amines) is 1. The quantitative estimate of drug-likeness (QED) is 0.867. The van der Waals surface area contributed by atoms with E-state index in [9.17, 15) is 4.79 Å². The zero-order chi connectivity index (χ0) is 16.8. The Morgan fingerprint density at radius 3 is 2.54 bits per heavy atom. The van der Waals surface area contributed by atoms with Crippen molar-refractivity contribution in [1.29, 1.82) is 0 Å². The molecule has 0 atom stereocenters. The van der Waals surface area contributed by atoms with E-state index in [0.29, 0.717) is 10.9 Å². The zero-order valence-electron chi connectivity index (χ0n) is 13.7. The maximum Gasteiger partial charge on any atom is 0.264 e. The molecule has 1 N–H and O–H groups in total. The molecule has 5 heteroatoms. The summed E-state index contributed by atoms with van der Waals surface area (Å²) in [7, 11) is 0. The number of benzene rings is 2. The minimum absolute atomic E-state index is 0.0397. The third-order valence-electron chi connectivity index (χ3n) is 4.25. The Morgan fingerprint density at radius 1 is 1.04 bits per heavy atom. The molecule has 0 aromatic heterocycles. The number of nitrogens with one attached hydrogen (secondary N) is 1.